The molecule has 0 bridgehead atoms. The average Bonchev–Trinajstić information content (AvgIpc) is 1.93. The fourth-order valence-electron chi connectivity index (χ4n) is 0.888. The molecule has 1 rings (SSSR count). The molecule has 0 saturated carbocycles. The maximum absolute atomic E-state index is 5.91. The summed E-state index contributed by atoms with van der Waals surface area (Å²) in [4.78, 5) is 2.07. The van der Waals surface area contributed by atoms with E-state index in [2.05, 4.69) is 11.0 Å². The zero-order valence-corrected chi connectivity index (χ0v) is 7.52. The lowest BCUT2D eigenvalue weighted by Gasteiger charge is -2.09. The van der Waals surface area contributed by atoms with E-state index in [-0.39, 0.29) is 0 Å². The second-order valence-corrected chi connectivity index (χ2v) is 3.14. The highest BCUT2D eigenvalue weighted by molar-refractivity contribution is 6.31. The Morgan fingerprint density at radius 3 is 2.82 bits per heavy atom. The Bertz CT molecular complexity index is 233. The molecule has 0 aromatic heterocycles. The van der Waals surface area contributed by atoms with Crippen molar-refractivity contribution in [2.75, 3.05) is 14.1 Å². The molecule has 2 heteroatoms. The van der Waals surface area contributed by atoms with Gasteiger partial charge >= 0.3 is 0 Å². The smallest absolute Gasteiger partial charge is 0.0457 e. The number of hydrogen-bond donors (Lipinski definition) is 0. The van der Waals surface area contributed by atoms with Crippen LogP contribution in [-0.2, 0) is 6.54 Å². The molecule has 0 aliphatic heterocycles. The molecule has 0 atom stereocenters. The maximum atomic E-state index is 5.91. The first-order valence-electron chi connectivity index (χ1n) is 3.50. The maximum Gasteiger partial charge on any atom is 0.0457 e. The largest absolute Gasteiger partial charge is 0.305 e. The average molecular weight is 169 g/mol. The lowest BCUT2D eigenvalue weighted by molar-refractivity contribution is 0.402. The normalized spacial score (nSPS) is 10.5. The molecule has 0 saturated heterocycles. The van der Waals surface area contributed by atoms with Gasteiger partial charge in [0, 0.05) is 11.6 Å². The van der Waals surface area contributed by atoms with Crippen LogP contribution in [0.2, 0.25) is 5.02 Å². The first-order valence-corrected chi connectivity index (χ1v) is 3.88. The van der Waals surface area contributed by atoms with Crippen LogP contribution in [0.25, 0.3) is 0 Å². The monoisotopic (exact) mass is 168 g/mol. The van der Waals surface area contributed by atoms with Crippen LogP contribution in [0.5, 0.6) is 0 Å². The molecule has 1 radical (unpaired) electrons. The predicted octanol–water partition coefficient (Wildman–Crippen LogP) is 2.20. The van der Waals surface area contributed by atoms with E-state index >= 15 is 0 Å². The van der Waals surface area contributed by atoms with Crippen LogP contribution in [0.1, 0.15) is 5.56 Å². The second-order valence-electron chi connectivity index (χ2n) is 2.73. The van der Waals surface area contributed by atoms with Gasteiger partial charge in [0.15, 0.2) is 0 Å². The Balaban J connectivity index is 2.78. The van der Waals surface area contributed by atoms with E-state index in [0.717, 1.165) is 17.1 Å². The molecule has 0 amide bonds. The zero-order valence-electron chi connectivity index (χ0n) is 6.76. The molecule has 0 fully saturated rings. The van der Waals surface area contributed by atoms with Gasteiger partial charge in [0.25, 0.3) is 0 Å². The fraction of sp³-hybridized carbons (Fsp3) is 0.333. The number of rotatable bonds is 2. The Labute approximate surface area is 72.6 Å². The van der Waals surface area contributed by atoms with E-state index in [1.807, 2.05) is 32.3 Å². The van der Waals surface area contributed by atoms with Crippen LogP contribution in [0.4, 0.5) is 0 Å². The van der Waals surface area contributed by atoms with Crippen molar-refractivity contribution in [1.82, 2.24) is 4.90 Å². The molecule has 0 unspecified atom stereocenters. The van der Waals surface area contributed by atoms with Crippen LogP contribution >= 0.6 is 11.6 Å². The van der Waals surface area contributed by atoms with Crippen LogP contribution in [0, 0.1) is 6.07 Å². The summed E-state index contributed by atoms with van der Waals surface area (Å²) < 4.78 is 0. The molecule has 0 spiro atoms. The van der Waals surface area contributed by atoms with Crippen molar-refractivity contribution in [2.24, 2.45) is 0 Å². The molecular formula is C9H11ClN. The van der Waals surface area contributed by atoms with Gasteiger partial charge in [0.1, 0.15) is 0 Å². The van der Waals surface area contributed by atoms with Gasteiger partial charge in [-0.05, 0) is 31.8 Å². The molecule has 0 heterocycles. The quantitative estimate of drug-likeness (QED) is 0.655. The van der Waals surface area contributed by atoms with E-state index < -0.39 is 0 Å². The minimum atomic E-state index is 0.793. The van der Waals surface area contributed by atoms with Gasteiger partial charge in [-0.2, -0.15) is 0 Å². The third-order valence-corrected chi connectivity index (χ3v) is 1.71. The molecule has 0 aliphatic carbocycles. The summed E-state index contributed by atoms with van der Waals surface area (Å²) in [6, 6.07) is 8.75. The van der Waals surface area contributed by atoms with Crippen molar-refractivity contribution in [1.29, 1.82) is 0 Å². The van der Waals surface area contributed by atoms with Crippen LogP contribution in [-0.4, -0.2) is 19.0 Å². The molecule has 0 aliphatic rings. The van der Waals surface area contributed by atoms with E-state index in [4.69, 9.17) is 11.6 Å². The lowest BCUT2D eigenvalue weighted by atomic mass is 10.2. The standard InChI is InChI=1S/C9H11ClN/c1-11(2)7-8-5-3-4-6-9(8)10/h3-4,6H,7H2,1-2H3. The minimum absolute atomic E-state index is 0.793. The molecule has 0 N–H and O–H groups in total. The summed E-state index contributed by atoms with van der Waals surface area (Å²) in [5, 5.41) is 0.793. The van der Waals surface area contributed by atoms with Crippen LogP contribution in [0.15, 0.2) is 18.2 Å². The number of halogens is 1. The Morgan fingerprint density at radius 2 is 2.27 bits per heavy atom. The second kappa shape index (κ2) is 3.74. The number of benzene rings is 1. The highest BCUT2D eigenvalue weighted by atomic mass is 35.5. The summed E-state index contributed by atoms with van der Waals surface area (Å²) in [6.45, 7) is 0.847. The lowest BCUT2D eigenvalue weighted by Crippen LogP contribution is -2.10. The van der Waals surface area contributed by atoms with Gasteiger partial charge in [-0.25, -0.2) is 0 Å². The molecule has 1 aromatic rings. The van der Waals surface area contributed by atoms with E-state index in [0.29, 0.717) is 0 Å². The fourth-order valence-corrected chi connectivity index (χ4v) is 1.08. The number of hydrogen-bond acceptors (Lipinski definition) is 1. The van der Waals surface area contributed by atoms with Crippen molar-refractivity contribution in [3.05, 3.63) is 34.9 Å². The summed E-state index contributed by atoms with van der Waals surface area (Å²) in [6.07, 6.45) is 0. The first-order chi connectivity index (χ1) is 5.20. The van der Waals surface area contributed by atoms with E-state index in [1.54, 1.807) is 0 Å². The first kappa shape index (κ1) is 8.57. The highest BCUT2D eigenvalue weighted by Crippen LogP contribution is 2.14. The van der Waals surface area contributed by atoms with Gasteiger partial charge in [-0.1, -0.05) is 23.7 Å². The van der Waals surface area contributed by atoms with Gasteiger partial charge in [-0.3, -0.25) is 0 Å². The van der Waals surface area contributed by atoms with E-state index in [9.17, 15) is 0 Å². The van der Waals surface area contributed by atoms with Gasteiger partial charge in [-0.15, -0.1) is 0 Å². The summed E-state index contributed by atoms with van der Waals surface area (Å²) in [5.74, 6) is 0. The molecule has 59 valence electrons. The van der Waals surface area contributed by atoms with Crippen molar-refractivity contribution in [2.45, 2.75) is 6.54 Å². The summed E-state index contributed by atoms with van der Waals surface area (Å²) in [5.41, 5.74) is 1.05. The van der Waals surface area contributed by atoms with Crippen LogP contribution < -0.4 is 0 Å². The molecule has 11 heavy (non-hydrogen) atoms. The topological polar surface area (TPSA) is 3.24 Å². The Hall–Kier alpha value is -0.530. The predicted molar refractivity (Wildman–Crippen MR) is 47.7 cm³/mol. The SMILES string of the molecule is CN(C)Cc1[c]cccc1Cl. The van der Waals surface area contributed by atoms with Crippen molar-refractivity contribution < 1.29 is 0 Å². The highest BCUT2D eigenvalue weighted by Gasteiger charge is 1.98. The Morgan fingerprint density at radius 1 is 1.55 bits per heavy atom. The van der Waals surface area contributed by atoms with E-state index in [1.165, 1.54) is 0 Å². The molecule has 1 nitrogen and oxygen atoms in total. The molecule has 1 aromatic carbocycles. The summed E-state index contributed by atoms with van der Waals surface area (Å²) in [7, 11) is 4.02. The third kappa shape index (κ3) is 2.52. The van der Waals surface area contributed by atoms with Crippen molar-refractivity contribution in [3.8, 4) is 0 Å². The van der Waals surface area contributed by atoms with Crippen molar-refractivity contribution >= 4 is 11.6 Å². The minimum Gasteiger partial charge on any atom is -0.305 e. The Kier molecular flexibility index (Phi) is 2.92. The van der Waals surface area contributed by atoms with Gasteiger partial charge in [0.05, 0.1) is 0 Å². The van der Waals surface area contributed by atoms with Crippen LogP contribution in [0.3, 0.4) is 0 Å². The third-order valence-electron chi connectivity index (χ3n) is 1.36. The molecular weight excluding hydrogens is 158 g/mol. The van der Waals surface area contributed by atoms with Gasteiger partial charge in [0.2, 0.25) is 0 Å². The number of nitrogens with zero attached hydrogens (tertiary/aromatic N) is 1. The zero-order chi connectivity index (χ0) is 8.27. The van der Waals surface area contributed by atoms with Gasteiger partial charge < -0.3 is 4.90 Å². The summed E-state index contributed by atoms with van der Waals surface area (Å²) >= 11 is 5.91. The van der Waals surface area contributed by atoms with Crippen molar-refractivity contribution in [3.63, 3.8) is 0 Å².